The highest BCUT2D eigenvalue weighted by atomic mass is 35.5. The van der Waals surface area contributed by atoms with E-state index in [1.54, 1.807) is 0 Å². The summed E-state index contributed by atoms with van der Waals surface area (Å²) in [4.78, 5) is 14.8. The highest BCUT2D eigenvalue weighted by molar-refractivity contribution is 6.30. The van der Waals surface area contributed by atoms with Gasteiger partial charge in [-0.05, 0) is 6.07 Å². The summed E-state index contributed by atoms with van der Waals surface area (Å²) in [7, 11) is 1.07. The molecule has 0 aliphatic carbocycles. The van der Waals surface area contributed by atoms with Gasteiger partial charge in [0.2, 0.25) is 0 Å². The molecule has 0 saturated carbocycles. The van der Waals surface area contributed by atoms with E-state index in [9.17, 15) is 13.6 Å². The van der Waals surface area contributed by atoms with Crippen molar-refractivity contribution in [2.75, 3.05) is 12.8 Å². The number of aromatic nitrogens is 1. The molecule has 0 fully saturated rings. The third-order valence-corrected chi connectivity index (χ3v) is 1.93. The second-order valence-corrected chi connectivity index (χ2v) is 3.09. The summed E-state index contributed by atoms with van der Waals surface area (Å²) in [5, 5.41) is -0.117. The van der Waals surface area contributed by atoms with Gasteiger partial charge in [0.05, 0.1) is 12.7 Å². The quantitative estimate of drug-likeness (QED) is 0.644. The lowest BCUT2D eigenvalue weighted by Crippen LogP contribution is -2.10. The molecule has 1 aromatic heterocycles. The number of nitrogen functional groups attached to an aromatic ring is 1. The Morgan fingerprint density at radius 3 is 2.81 bits per heavy atom. The molecule has 0 atom stereocenters. The van der Waals surface area contributed by atoms with Gasteiger partial charge in [-0.2, -0.15) is 0 Å². The van der Waals surface area contributed by atoms with E-state index >= 15 is 0 Å². The van der Waals surface area contributed by atoms with Gasteiger partial charge in [-0.25, -0.2) is 18.6 Å². The fourth-order valence-electron chi connectivity index (χ4n) is 1.08. The van der Waals surface area contributed by atoms with Gasteiger partial charge >= 0.3 is 5.97 Å². The average molecular weight is 249 g/mol. The number of hydrogen-bond acceptors (Lipinski definition) is 4. The van der Waals surface area contributed by atoms with Crippen LogP contribution in [0.1, 0.15) is 16.1 Å². The number of carbonyl (C=O) groups is 1. The first-order valence-electron chi connectivity index (χ1n) is 4.01. The maximum atomic E-state index is 13.1. The summed E-state index contributed by atoms with van der Waals surface area (Å²) in [5.74, 6) is -2.27. The van der Waals surface area contributed by atoms with Crippen LogP contribution in [-0.4, -0.2) is 18.1 Å². The van der Waals surface area contributed by atoms with Crippen molar-refractivity contribution in [1.82, 2.24) is 4.98 Å². The lowest BCUT2D eigenvalue weighted by atomic mass is 10.1. The zero-order valence-corrected chi connectivity index (χ0v) is 8.89. The summed E-state index contributed by atoms with van der Waals surface area (Å²) >= 11 is 5.54. The van der Waals surface area contributed by atoms with E-state index in [1.165, 1.54) is 0 Å². The molecule has 2 N–H and O–H groups in total. The average Bonchev–Trinajstić information content (AvgIpc) is 2.26. The zero-order valence-electron chi connectivity index (χ0n) is 8.13. The van der Waals surface area contributed by atoms with Crippen LogP contribution in [0.3, 0.4) is 0 Å². The van der Waals surface area contributed by atoms with Gasteiger partial charge in [0.1, 0.15) is 11.5 Å². The minimum atomic E-state index is -1.32. The van der Waals surface area contributed by atoms with Crippen LogP contribution in [0, 0.1) is 0 Å². The molecule has 86 valence electrons. The maximum absolute atomic E-state index is 13.1. The largest absolute Gasteiger partial charge is 0.464 e. The molecule has 1 aromatic rings. The van der Waals surface area contributed by atoms with Crippen molar-refractivity contribution in [3.63, 3.8) is 0 Å². The van der Waals surface area contributed by atoms with Gasteiger partial charge in [0, 0.05) is 5.69 Å². The number of anilines is 1. The molecule has 4 nitrogen and oxygen atoms in total. The van der Waals surface area contributed by atoms with E-state index in [2.05, 4.69) is 9.72 Å². The fourth-order valence-corrected chi connectivity index (χ4v) is 1.28. The Kier molecular flexibility index (Phi) is 3.78. The van der Waals surface area contributed by atoms with Crippen LogP contribution in [0.2, 0.25) is 5.15 Å². The Labute approximate surface area is 94.7 Å². The Morgan fingerprint density at radius 2 is 2.31 bits per heavy atom. The summed E-state index contributed by atoms with van der Waals surface area (Å²) < 4.78 is 29.6. The molecular formula is C9H7ClF2N2O2. The highest BCUT2D eigenvalue weighted by Crippen LogP contribution is 2.28. The predicted octanol–water partition coefficient (Wildman–Crippen LogP) is 2.34. The van der Waals surface area contributed by atoms with Crippen molar-refractivity contribution in [2.45, 2.75) is 0 Å². The number of ether oxygens (including phenoxy) is 1. The summed E-state index contributed by atoms with van der Waals surface area (Å²) in [6, 6.07) is 1.10. The van der Waals surface area contributed by atoms with Crippen molar-refractivity contribution in [2.24, 2.45) is 0 Å². The maximum Gasteiger partial charge on any atom is 0.357 e. The lowest BCUT2D eigenvalue weighted by Gasteiger charge is -2.08. The molecule has 16 heavy (non-hydrogen) atoms. The molecular weight excluding hydrogens is 242 g/mol. The van der Waals surface area contributed by atoms with Crippen LogP contribution in [0.15, 0.2) is 12.4 Å². The van der Waals surface area contributed by atoms with E-state index in [-0.39, 0.29) is 17.2 Å². The normalized spacial score (nSPS) is 11.4. The van der Waals surface area contributed by atoms with Gasteiger partial charge in [0.25, 0.3) is 0 Å². The number of esters is 1. The number of methoxy groups -OCH3 is 1. The highest BCUT2D eigenvalue weighted by Gasteiger charge is 2.21. The Bertz CT molecular complexity index is 463. The van der Waals surface area contributed by atoms with Crippen LogP contribution in [0.5, 0.6) is 0 Å². The van der Waals surface area contributed by atoms with E-state index in [0.717, 1.165) is 13.2 Å². The Balaban J connectivity index is 3.50. The van der Waals surface area contributed by atoms with E-state index in [1.807, 2.05) is 0 Å². The molecule has 0 amide bonds. The molecule has 0 bridgehead atoms. The van der Waals surface area contributed by atoms with Crippen LogP contribution in [-0.2, 0) is 4.74 Å². The number of pyridine rings is 1. The minimum absolute atomic E-state index is 0.117. The zero-order chi connectivity index (χ0) is 12.3. The first kappa shape index (κ1) is 12.4. The van der Waals surface area contributed by atoms with Crippen molar-refractivity contribution in [1.29, 1.82) is 0 Å². The van der Waals surface area contributed by atoms with Gasteiger partial charge in [-0.1, -0.05) is 11.6 Å². The molecule has 0 spiro atoms. The van der Waals surface area contributed by atoms with Crippen molar-refractivity contribution in [3.05, 3.63) is 28.8 Å². The SMILES string of the molecule is COC(=O)c1nc(Cl)cc(N)c1C(F)=CF. The third kappa shape index (κ3) is 2.27. The standard InChI is InChI=1S/C9H7ClF2N2O2/c1-16-9(15)8-7(4(12)3-11)5(13)2-6(10)14-8/h2-3H,1H3,(H2,13,14). The molecule has 0 radical (unpaired) electrons. The smallest absolute Gasteiger partial charge is 0.357 e. The molecule has 1 rings (SSSR count). The third-order valence-electron chi connectivity index (χ3n) is 1.73. The molecule has 0 aliphatic heterocycles. The predicted molar refractivity (Wildman–Crippen MR) is 55.2 cm³/mol. The Hall–Kier alpha value is -1.69. The second-order valence-electron chi connectivity index (χ2n) is 2.71. The number of nitrogens with two attached hydrogens (primary N) is 1. The Morgan fingerprint density at radius 1 is 1.69 bits per heavy atom. The molecule has 0 unspecified atom stereocenters. The van der Waals surface area contributed by atoms with Gasteiger partial charge in [0.15, 0.2) is 11.5 Å². The first-order chi connectivity index (χ1) is 7.51. The van der Waals surface area contributed by atoms with Gasteiger partial charge in [-0.15, -0.1) is 0 Å². The summed E-state index contributed by atoms with van der Waals surface area (Å²) in [6.07, 6.45) is -0.326. The van der Waals surface area contributed by atoms with Crippen LogP contribution in [0.25, 0.3) is 5.83 Å². The first-order valence-corrected chi connectivity index (χ1v) is 4.39. The number of hydrogen-bond donors (Lipinski definition) is 1. The van der Waals surface area contributed by atoms with Gasteiger partial charge < -0.3 is 10.5 Å². The van der Waals surface area contributed by atoms with E-state index < -0.39 is 23.1 Å². The van der Waals surface area contributed by atoms with Gasteiger partial charge in [-0.3, -0.25) is 0 Å². The second kappa shape index (κ2) is 4.89. The topological polar surface area (TPSA) is 65.2 Å². The molecule has 1 heterocycles. The van der Waals surface area contributed by atoms with Crippen LogP contribution < -0.4 is 5.73 Å². The molecule has 0 saturated heterocycles. The monoisotopic (exact) mass is 248 g/mol. The van der Waals surface area contributed by atoms with Crippen molar-refractivity contribution >= 4 is 29.1 Å². The number of halogens is 3. The summed E-state index contributed by atoms with van der Waals surface area (Å²) in [6.45, 7) is 0. The van der Waals surface area contributed by atoms with E-state index in [0.29, 0.717) is 0 Å². The number of nitrogens with zero attached hydrogens (tertiary/aromatic N) is 1. The van der Waals surface area contributed by atoms with E-state index in [4.69, 9.17) is 17.3 Å². The van der Waals surface area contributed by atoms with Crippen LogP contribution >= 0.6 is 11.6 Å². The molecule has 0 aromatic carbocycles. The number of carbonyl (C=O) groups excluding carboxylic acids is 1. The van der Waals surface area contributed by atoms with Crippen LogP contribution in [0.4, 0.5) is 14.5 Å². The fraction of sp³-hybridized carbons (Fsp3) is 0.111. The molecule has 7 heteroatoms. The lowest BCUT2D eigenvalue weighted by molar-refractivity contribution is 0.0593. The number of rotatable bonds is 2. The molecule has 0 aliphatic rings. The van der Waals surface area contributed by atoms with Crippen molar-refractivity contribution < 1.29 is 18.3 Å². The minimum Gasteiger partial charge on any atom is -0.464 e. The van der Waals surface area contributed by atoms with Crippen molar-refractivity contribution in [3.8, 4) is 0 Å². The summed E-state index contributed by atoms with van der Waals surface area (Å²) in [5.41, 5.74) is 4.26.